The third kappa shape index (κ3) is 5.23. The highest BCUT2D eigenvalue weighted by atomic mass is 35.5. The third-order valence-corrected chi connectivity index (χ3v) is 8.08. The van der Waals surface area contributed by atoms with Gasteiger partial charge in [0.25, 0.3) is 5.91 Å². The fraction of sp³-hybridized carbons (Fsp3) is 0.100. The molecule has 0 bridgehead atoms. The van der Waals surface area contributed by atoms with Gasteiger partial charge in [0.15, 0.2) is 0 Å². The summed E-state index contributed by atoms with van der Waals surface area (Å²) in [6, 6.07) is 31.0. The Labute approximate surface area is 222 Å². The first-order chi connectivity index (χ1) is 17.8. The number of nitrogens with zero attached hydrogens (tertiary/aromatic N) is 1. The lowest BCUT2D eigenvalue weighted by atomic mass is 9.96. The summed E-state index contributed by atoms with van der Waals surface area (Å²) >= 11 is 6.17. The number of nitrogens with one attached hydrogen (secondary N) is 1. The van der Waals surface area contributed by atoms with Crippen LogP contribution in [0.1, 0.15) is 22.7 Å². The molecule has 4 aromatic carbocycles. The molecule has 1 aliphatic rings. The van der Waals surface area contributed by atoms with Gasteiger partial charge in [-0.15, -0.1) is 0 Å². The van der Waals surface area contributed by atoms with Crippen LogP contribution in [0.25, 0.3) is 6.08 Å². The number of anilines is 1. The maximum atomic E-state index is 14.0. The topological polar surface area (TPSA) is 66.5 Å². The lowest BCUT2D eigenvalue weighted by Gasteiger charge is -2.28. The van der Waals surface area contributed by atoms with Gasteiger partial charge in [0.1, 0.15) is 0 Å². The molecule has 0 aromatic heterocycles. The van der Waals surface area contributed by atoms with E-state index in [1.165, 1.54) is 0 Å². The summed E-state index contributed by atoms with van der Waals surface area (Å²) in [5.41, 5.74) is 3.54. The zero-order chi connectivity index (χ0) is 26.0. The predicted molar refractivity (Wildman–Crippen MR) is 148 cm³/mol. The van der Waals surface area contributed by atoms with Crippen molar-refractivity contribution >= 4 is 39.3 Å². The van der Waals surface area contributed by atoms with Crippen LogP contribution in [0, 0.1) is 6.92 Å². The Bertz CT molecular complexity index is 1540. The fourth-order valence-corrected chi connectivity index (χ4v) is 5.89. The van der Waals surface area contributed by atoms with Gasteiger partial charge >= 0.3 is 0 Å². The van der Waals surface area contributed by atoms with Crippen molar-refractivity contribution in [2.75, 3.05) is 4.90 Å². The van der Waals surface area contributed by atoms with Gasteiger partial charge in [0.2, 0.25) is 10.0 Å². The van der Waals surface area contributed by atoms with Crippen LogP contribution in [0.3, 0.4) is 0 Å². The van der Waals surface area contributed by atoms with Crippen molar-refractivity contribution in [3.8, 4) is 0 Å². The number of hydrogen-bond acceptors (Lipinski definition) is 3. The number of hydrogen-bond donors (Lipinski definition) is 1. The molecule has 1 amide bonds. The van der Waals surface area contributed by atoms with Crippen molar-refractivity contribution in [2.24, 2.45) is 0 Å². The molecule has 1 N–H and O–H groups in total. The molecule has 5 rings (SSSR count). The molecule has 4 aromatic rings. The van der Waals surface area contributed by atoms with Crippen LogP contribution in [-0.2, 0) is 14.8 Å². The smallest absolute Gasteiger partial charge is 0.256 e. The largest absolute Gasteiger partial charge is 0.299 e. The van der Waals surface area contributed by atoms with Gasteiger partial charge in [0.05, 0.1) is 17.0 Å². The molecule has 0 unspecified atom stereocenters. The molecule has 37 heavy (non-hydrogen) atoms. The molecule has 1 heterocycles. The third-order valence-electron chi connectivity index (χ3n) is 6.38. The second-order valence-electron chi connectivity index (χ2n) is 8.93. The van der Waals surface area contributed by atoms with Gasteiger partial charge in [-0.25, -0.2) is 13.1 Å². The Morgan fingerprint density at radius 3 is 2.03 bits per heavy atom. The first kappa shape index (κ1) is 25.0. The van der Waals surface area contributed by atoms with E-state index in [1.54, 1.807) is 47.4 Å². The summed E-state index contributed by atoms with van der Waals surface area (Å²) in [6.07, 6.45) is 1.76. The number of carbonyl (C=O) groups is 1. The van der Waals surface area contributed by atoms with Crippen LogP contribution < -0.4 is 9.62 Å². The Morgan fingerprint density at radius 2 is 1.41 bits per heavy atom. The zero-order valence-electron chi connectivity index (χ0n) is 20.1. The van der Waals surface area contributed by atoms with Crippen LogP contribution >= 0.6 is 11.6 Å². The highest BCUT2D eigenvalue weighted by Gasteiger charge is 2.47. The Hall–Kier alpha value is -3.71. The SMILES string of the molecule is Cc1ccc(S(=O)(=O)N[C@H]2/C(=C\c3ccccc3)C(=O)N(c3ccccc3)[C@@H]2c2ccc(Cl)cc2)cc1. The number of benzene rings is 4. The van der Waals surface area contributed by atoms with E-state index in [-0.39, 0.29) is 10.8 Å². The summed E-state index contributed by atoms with van der Waals surface area (Å²) in [4.78, 5) is 15.8. The molecular formula is C30H25ClN2O3S. The molecular weight excluding hydrogens is 504 g/mol. The van der Waals surface area contributed by atoms with Crippen LogP contribution in [-0.4, -0.2) is 20.4 Å². The van der Waals surface area contributed by atoms with E-state index >= 15 is 0 Å². The molecule has 5 nitrogen and oxygen atoms in total. The average molecular weight is 529 g/mol. The average Bonchev–Trinajstić information content (AvgIpc) is 3.16. The minimum atomic E-state index is -3.96. The minimum absolute atomic E-state index is 0.137. The lowest BCUT2D eigenvalue weighted by Crippen LogP contribution is -2.40. The Balaban J connectivity index is 1.69. The molecule has 1 saturated heterocycles. The number of aryl methyl sites for hydroxylation is 1. The van der Waals surface area contributed by atoms with E-state index in [1.807, 2.05) is 79.7 Å². The van der Waals surface area contributed by atoms with Gasteiger partial charge in [-0.2, -0.15) is 0 Å². The summed E-state index contributed by atoms with van der Waals surface area (Å²) in [5.74, 6) is -0.272. The van der Waals surface area contributed by atoms with Crippen LogP contribution in [0.4, 0.5) is 5.69 Å². The Morgan fingerprint density at radius 1 is 0.811 bits per heavy atom. The number of sulfonamides is 1. The lowest BCUT2D eigenvalue weighted by molar-refractivity contribution is -0.114. The van der Waals surface area contributed by atoms with Crippen molar-refractivity contribution in [3.63, 3.8) is 0 Å². The number of halogens is 1. The first-order valence-electron chi connectivity index (χ1n) is 11.8. The van der Waals surface area contributed by atoms with Gasteiger partial charge in [-0.3, -0.25) is 9.69 Å². The normalized spacial score (nSPS) is 18.9. The summed E-state index contributed by atoms with van der Waals surface area (Å²) < 4.78 is 30.0. The molecule has 2 atom stereocenters. The maximum absolute atomic E-state index is 14.0. The van der Waals surface area contributed by atoms with Gasteiger partial charge in [-0.1, -0.05) is 90.0 Å². The summed E-state index contributed by atoms with van der Waals surface area (Å²) in [6.45, 7) is 1.90. The standard InChI is InChI=1S/C30H25ClN2O3S/c1-21-12-18-26(19-13-21)37(35,36)32-28-27(20-22-8-4-2-5-9-22)30(34)33(25-10-6-3-7-11-25)29(28)23-14-16-24(31)17-15-23/h2-20,28-29,32H,1H3/b27-20+/t28-,29+/m0/s1. The molecule has 0 spiro atoms. The van der Waals surface area contributed by atoms with E-state index in [0.29, 0.717) is 16.3 Å². The van der Waals surface area contributed by atoms with Crippen molar-refractivity contribution in [1.82, 2.24) is 4.72 Å². The predicted octanol–water partition coefficient (Wildman–Crippen LogP) is 6.17. The molecule has 186 valence electrons. The van der Waals surface area contributed by atoms with Crippen molar-refractivity contribution in [1.29, 1.82) is 0 Å². The maximum Gasteiger partial charge on any atom is 0.256 e. The quantitative estimate of drug-likeness (QED) is 0.304. The minimum Gasteiger partial charge on any atom is -0.299 e. The molecule has 7 heteroatoms. The fourth-order valence-electron chi connectivity index (χ4n) is 4.55. The molecule has 0 saturated carbocycles. The Kier molecular flexibility index (Phi) is 6.98. The molecule has 0 radical (unpaired) electrons. The zero-order valence-corrected chi connectivity index (χ0v) is 21.7. The first-order valence-corrected chi connectivity index (χ1v) is 13.7. The van der Waals surface area contributed by atoms with Crippen LogP contribution in [0.5, 0.6) is 0 Å². The van der Waals surface area contributed by atoms with E-state index in [4.69, 9.17) is 11.6 Å². The van der Waals surface area contributed by atoms with Gasteiger partial charge in [0, 0.05) is 16.3 Å². The van der Waals surface area contributed by atoms with E-state index in [9.17, 15) is 13.2 Å². The number of rotatable bonds is 6. The van der Waals surface area contributed by atoms with Crippen LogP contribution in [0.15, 0.2) is 120 Å². The second kappa shape index (κ2) is 10.3. The second-order valence-corrected chi connectivity index (χ2v) is 11.1. The van der Waals surface area contributed by atoms with Crippen molar-refractivity contribution in [2.45, 2.75) is 23.9 Å². The van der Waals surface area contributed by atoms with Gasteiger partial charge in [-0.05, 0) is 60.5 Å². The molecule has 0 aliphatic carbocycles. The molecule has 1 fully saturated rings. The molecule has 1 aliphatic heterocycles. The van der Waals surface area contributed by atoms with Crippen molar-refractivity contribution in [3.05, 3.63) is 136 Å². The number of amides is 1. The van der Waals surface area contributed by atoms with Crippen molar-refractivity contribution < 1.29 is 13.2 Å². The van der Waals surface area contributed by atoms with Gasteiger partial charge < -0.3 is 0 Å². The number of carbonyl (C=O) groups excluding carboxylic acids is 1. The summed E-state index contributed by atoms with van der Waals surface area (Å²) in [5, 5.41) is 0.552. The monoisotopic (exact) mass is 528 g/mol. The van der Waals surface area contributed by atoms with E-state index in [2.05, 4.69) is 4.72 Å². The van der Waals surface area contributed by atoms with E-state index in [0.717, 1.165) is 16.7 Å². The van der Waals surface area contributed by atoms with E-state index < -0.39 is 22.1 Å². The highest BCUT2D eigenvalue weighted by Crippen LogP contribution is 2.41. The summed E-state index contributed by atoms with van der Waals surface area (Å²) in [7, 11) is -3.96. The highest BCUT2D eigenvalue weighted by molar-refractivity contribution is 7.89. The number of para-hydroxylation sites is 1. The van der Waals surface area contributed by atoms with Crippen LogP contribution in [0.2, 0.25) is 5.02 Å².